The first-order chi connectivity index (χ1) is 15.9. The van der Waals surface area contributed by atoms with Crippen LogP contribution < -0.4 is 10.6 Å². The Morgan fingerprint density at radius 2 is 2.00 bits per heavy atom. The first kappa shape index (κ1) is 23.9. The topological polar surface area (TPSA) is 95.6 Å². The highest BCUT2D eigenvalue weighted by Crippen LogP contribution is 2.35. The molecule has 1 unspecified atom stereocenters. The lowest BCUT2D eigenvalue weighted by Gasteiger charge is -2.40. The number of carbonyl (C=O) groups is 4. The number of nitrogens with one attached hydrogen (secondary N) is 2. The van der Waals surface area contributed by atoms with Crippen molar-refractivity contribution in [3.8, 4) is 0 Å². The van der Waals surface area contributed by atoms with Crippen molar-refractivity contribution in [2.24, 2.45) is 0 Å². The van der Waals surface area contributed by atoms with Gasteiger partial charge in [0.15, 0.2) is 0 Å². The predicted molar refractivity (Wildman–Crippen MR) is 119 cm³/mol. The van der Waals surface area contributed by atoms with Crippen molar-refractivity contribution >= 4 is 43.1 Å². The third-order valence-corrected chi connectivity index (χ3v) is 6.59. The van der Waals surface area contributed by atoms with Gasteiger partial charge in [-0.1, -0.05) is 35.9 Å². The van der Waals surface area contributed by atoms with Gasteiger partial charge in [0.1, 0.15) is 7.85 Å². The molecule has 0 aromatic heterocycles. The Bertz CT molecular complexity index is 1240. The quantitative estimate of drug-likeness (QED) is 0.502. The Balaban J connectivity index is 1.48. The number of alkyl halides is 2. The van der Waals surface area contributed by atoms with Crippen LogP contribution in [0.15, 0.2) is 36.4 Å². The van der Waals surface area contributed by atoms with Crippen molar-refractivity contribution in [1.82, 2.24) is 15.5 Å². The summed E-state index contributed by atoms with van der Waals surface area (Å²) in [5.74, 6) is -6.97. The number of benzene rings is 2. The maximum absolute atomic E-state index is 14.7. The highest BCUT2D eigenvalue weighted by atomic mass is 35.5. The Kier molecular flexibility index (Phi) is 5.97. The van der Waals surface area contributed by atoms with Gasteiger partial charge in [-0.25, -0.2) is 0 Å². The predicted octanol–water partition coefficient (Wildman–Crippen LogP) is 2.31. The number of nitrogens with zero attached hydrogens (tertiary/aromatic N) is 1. The second kappa shape index (κ2) is 8.50. The van der Waals surface area contributed by atoms with Gasteiger partial charge in [0.25, 0.3) is 11.8 Å². The fraction of sp³-hybridized carbons (Fsp3) is 0.304. The number of rotatable bonds is 5. The molecule has 174 valence electrons. The smallest absolute Gasteiger partial charge is 0.346 e. The summed E-state index contributed by atoms with van der Waals surface area (Å²) in [7, 11) is 6.19. The summed E-state index contributed by atoms with van der Waals surface area (Å²) in [6.07, 6.45) is -0.0156. The number of halogens is 3. The average molecular weight is 486 g/mol. The number of carbonyl (C=O) groups excluding carboxylic acids is 4. The molecular weight excluding hydrogens is 467 g/mol. The van der Waals surface area contributed by atoms with Crippen LogP contribution in [0.3, 0.4) is 0 Å². The summed E-state index contributed by atoms with van der Waals surface area (Å²) in [5.41, 5.74) is -0.715. The molecule has 2 aromatic rings. The van der Waals surface area contributed by atoms with E-state index in [2.05, 4.69) is 10.6 Å². The average Bonchev–Trinajstić information content (AvgIpc) is 3.13. The molecule has 4 rings (SSSR count). The van der Waals surface area contributed by atoms with Gasteiger partial charge in [0, 0.05) is 35.7 Å². The van der Waals surface area contributed by atoms with Gasteiger partial charge in [-0.3, -0.25) is 24.5 Å². The van der Waals surface area contributed by atoms with E-state index in [9.17, 15) is 28.0 Å². The molecule has 7 nitrogen and oxygen atoms in total. The maximum atomic E-state index is 14.7. The molecule has 34 heavy (non-hydrogen) atoms. The first-order valence-corrected chi connectivity index (χ1v) is 10.8. The molecule has 0 aliphatic carbocycles. The molecule has 2 aliphatic rings. The molecule has 1 atom stereocenters. The molecule has 2 aliphatic heterocycles. The Labute approximate surface area is 200 Å². The van der Waals surface area contributed by atoms with E-state index in [1.165, 1.54) is 36.1 Å². The van der Waals surface area contributed by atoms with Gasteiger partial charge in [-0.2, -0.15) is 8.78 Å². The van der Waals surface area contributed by atoms with E-state index in [4.69, 9.17) is 19.4 Å². The highest BCUT2D eigenvalue weighted by molar-refractivity contribution is 6.32. The number of hydrogen-bond donors (Lipinski definition) is 2. The van der Waals surface area contributed by atoms with Crippen molar-refractivity contribution < 1.29 is 28.0 Å². The van der Waals surface area contributed by atoms with Crippen molar-refractivity contribution in [2.75, 3.05) is 0 Å². The molecule has 2 aromatic carbocycles. The number of hydrogen-bond acceptors (Lipinski definition) is 4. The minimum atomic E-state index is -3.80. The SMILES string of the molecule is [B]C1(N2Cc3cc(CNC(=O)C(F)(F)c4cccc(Cl)c4C)ccc3C2=O)CCC(=O)NC1=O. The van der Waals surface area contributed by atoms with E-state index in [1.807, 2.05) is 0 Å². The molecule has 2 N–H and O–H groups in total. The fourth-order valence-electron chi connectivity index (χ4n) is 4.14. The van der Waals surface area contributed by atoms with E-state index < -0.39 is 40.6 Å². The largest absolute Gasteiger partial charge is 0.350 e. The summed E-state index contributed by atoms with van der Waals surface area (Å²) in [4.78, 5) is 50.1. The zero-order valence-corrected chi connectivity index (χ0v) is 18.8. The number of piperidine rings is 1. The summed E-state index contributed by atoms with van der Waals surface area (Å²) in [6, 6.07) is 8.57. The van der Waals surface area contributed by atoms with E-state index in [0.717, 1.165) is 6.07 Å². The summed E-state index contributed by atoms with van der Waals surface area (Å²) >= 11 is 5.91. The Hall–Kier alpha value is -3.27. The van der Waals surface area contributed by atoms with Crippen LogP contribution >= 0.6 is 11.6 Å². The molecule has 2 radical (unpaired) electrons. The van der Waals surface area contributed by atoms with Crippen molar-refractivity contribution in [3.05, 3.63) is 69.2 Å². The lowest BCUT2D eigenvalue weighted by Crippen LogP contribution is -2.63. The number of fused-ring (bicyclic) bond motifs is 1. The third-order valence-electron chi connectivity index (χ3n) is 6.18. The van der Waals surface area contributed by atoms with Crippen LogP contribution in [0.25, 0.3) is 0 Å². The Morgan fingerprint density at radius 3 is 2.71 bits per heavy atom. The maximum Gasteiger partial charge on any atom is 0.350 e. The van der Waals surface area contributed by atoms with Crippen LogP contribution in [0.5, 0.6) is 0 Å². The molecular formula is C23H19BClF2N3O4. The van der Waals surface area contributed by atoms with Crippen molar-refractivity contribution in [1.29, 1.82) is 0 Å². The molecule has 4 amide bonds. The van der Waals surface area contributed by atoms with E-state index in [-0.39, 0.29) is 36.5 Å². The van der Waals surface area contributed by atoms with Crippen molar-refractivity contribution in [3.63, 3.8) is 0 Å². The van der Waals surface area contributed by atoms with E-state index in [1.54, 1.807) is 6.07 Å². The second-order valence-corrected chi connectivity index (χ2v) is 8.76. The van der Waals surface area contributed by atoms with Gasteiger partial charge in [-0.15, -0.1) is 0 Å². The molecule has 1 saturated heterocycles. The minimum Gasteiger partial charge on any atom is -0.346 e. The highest BCUT2D eigenvalue weighted by Gasteiger charge is 2.48. The van der Waals surface area contributed by atoms with Gasteiger partial charge < -0.3 is 10.2 Å². The minimum absolute atomic E-state index is 0.0000406. The van der Waals surface area contributed by atoms with Gasteiger partial charge >= 0.3 is 5.92 Å². The van der Waals surface area contributed by atoms with Crippen molar-refractivity contribution in [2.45, 2.75) is 44.2 Å². The van der Waals surface area contributed by atoms with E-state index in [0.29, 0.717) is 16.7 Å². The van der Waals surface area contributed by atoms with Gasteiger partial charge in [0.05, 0.1) is 5.44 Å². The summed E-state index contributed by atoms with van der Waals surface area (Å²) in [5, 5.41) is 4.50. The lowest BCUT2D eigenvalue weighted by atomic mass is 9.70. The van der Waals surface area contributed by atoms with Crippen LogP contribution in [-0.2, 0) is 33.4 Å². The van der Waals surface area contributed by atoms with Gasteiger partial charge in [0.2, 0.25) is 11.8 Å². The summed E-state index contributed by atoms with van der Waals surface area (Å²) in [6.45, 7) is 1.21. The van der Waals surface area contributed by atoms with Crippen LogP contribution in [0.1, 0.15) is 45.5 Å². The van der Waals surface area contributed by atoms with Crippen LogP contribution in [0.2, 0.25) is 5.02 Å². The lowest BCUT2D eigenvalue weighted by molar-refractivity contribution is -0.147. The molecule has 0 saturated carbocycles. The standard InChI is InChI=1S/C23H19BClF2N3O4/c1-12-16(3-2-4-17(12)25)23(26,27)21(34)28-10-13-5-6-15-14(9-13)11-30(19(15)32)22(24)8-7-18(31)29-20(22)33/h2-6,9H,7-8,10-11H2,1H3,(H,28,34)(H,29,31,33). The molecule has 0 bridgehead atoms. The number of imide groups is 1. The third kappa shape index (κ3) is 3.96. The molecule has 2 heterocycles. The molecule has 1 fully saturated rings. The molecule has 11 heteroatoms. The first-order valence-electron chi connectivity index (χ1n) is 10.4. The molecule has 0 spiro atoms. The summed E-state index contributed by atoms with van der Waals surface area (Å²) < 4.78 is 29.5. The monoisotopic (exact) mass is 485 g/mol. The van der Waals surface area contributed by atoms with Crippen LogP contribution in [0, 0.1) is 6.92 Å². The van der Waals surface area contributed by atoms with Crippen LogP contribution in [0.4, 0.5) is 8.78 Å². The van der Waals surface area contributed by atoms with Gasteiger partial charge in [-0.05, 0) is 42.2 Å². The van der Waals surface area contributed by atoms with E-state index >= 15 is 0 Å². The second-order valence-electron chi connectivity index (χ2n) is 8.35. The zero-order chi connectivity index (χ0) is 24.8. The fourth-order valence-corrected chi connectivity index (χ4v) is 4.32. The Morgan fingerprint density at radius 1 is 1.26 bits per heavy atom. The zero-order valence-electron chi connectivity index (χ0n) is 18.1. The number of amides is 4. The van der Waals surface area contributed by atoms with Crippen LogP contribution in [-0.4, -0.2) is 41.8 Å². The normalized spacial score (nSPS) is 20.2.